The van der Waals surface area contributed by atoms with E-state index in [0.717, 1.165) is 42.1 Å². The van der Waals surface area contributed by atoms with E-state index >= 15 is 0 Å². The number of rotatable bonds is 3. The molecular weight excluding hydrogens is 410 g/mol. The lowest BCUT2D eigenvalue weighted by Gasteiger charge is -2.32. The van der Waals surface area contributed by atoms with E-state index in [9.17, 15) is 9.90 Å². The summed E-state index contributed by atoms with van der Waals surface area (Å²) >= 11 is 0. The third-order valence-corrected chi connectivity index (χ3v) is 6.23. The number of hydrogen-bond acceptors (Lipinski definition) is 7. The largest absolute Gasteiger partial charge is 0.444 e. The van der Waals surface area contributed by atoms with Gasteiger partial charge in [-0.2, -0.15) is 10.1 Å². The third-order valence-electron chi connectivity index (χ3n) is 6.23. The normalized spacial score (nSPS) is 22.2. The van der Waals surface area contributed by atoms with E-state index in [1.54, 1.807) is 4.90 Å². The van der Waals surface area contributed by atoms with E-state index in [1.807, 2.05) is 49.8 Å². The minimum absolute atomic E-state index is 0.150. The quantitative estimate of drug-likeness (QED) is 0.660. The summed E-state index contributed by atoms with van der Waals surface area (Å²) in [5, 5.41) is 19.4. The second kappa shape index (κ2) is 7.88. The van der Waals surface area contributed by atoms with Crippen molar-refractivity contribution >= 4 is 17.0 Å². The Morgan fingerprint density at radius 2 is 1.97 bits per heavy atom. The highest BCUT2D eigenvalue weighted by Gasteiger charge is 2.31. The Kier molecular flexibility index (Phi) is 5.16. The second-order valence-corrected chi connectivity index (χ2v) is 9.84. The molecule has 1 saturated carbocycles. The number of aliphatic hydroxyl groups is 1. The van der Waals surface area contributed by atoms with Gasteiger partial charge in [-0.25, -0.2) is 4.79 Å². The number of piperidine rings is 1. The number of carbonyl (C=O) groups is 1. The molecule has 1 amide bonds. The smallest absolute Gasteiger partial charge is 0.410 e. The van der Waals surface area contributed by atoms with Crippen LogP contribution in [0.15, 0.2) is 28.9 Å². The van der Waals surface area contributed by atoms with E-state index in [0.29, 0.717) is 24.8 Å². The molecule has 2 aliphatic rings. The molecule has 0 atom stereocenters. The van der Waals surface area contributed by atoms with Gasteiger partial charge in [-0.05, 0) is 58.6 Å². The van der Waals surface area contributed by atoms with Crippen LogP contribution in [0.4, 0.5) is 4.79 Å². The van der Waals surface area contributed by atoms with Gasteiger partial charge in [-0.1, -0.05) is 11.2 Å². The molecule has 1 aromatic carbocycles. The van der Waals surface area contributed by atoms with Gasteiger partial charge in [0.25, 0.3) is 5.89 Å². The molecule has 2 aromatic heterocycles. The summed E-state index contributed by atoms with van der Waals surface area (Å²) in [4.78, 5) is 18.7. The van der Waals surface area contributed by atoms with Gasteiger partial charge in [0.1, 0.15) is 5.60 Å². The minimum atomic E-state index is -0.495. The molecule has 0 bridgehead atoms. The molecule has 9 nitrogen and oxygen atoms in total. The fraction of sp³-hybridized carbons (Fsp3) is 0.565. The first-order chi connectivity index (χ1) is 15.3. The van der Waals surface area contributed by atoms with Crippen LogP contribution in [-0.4, -0.2) is 60.8 Å². The number of amides is 1. The van der Waals surface area contributed by atoms with E-state index in [4.69, 9.17) is 9.26 Å². The van der Waals surface area contributed by atoms with Crippen molar-refractivity contribution in [1.29, 1.82) is 0 Å². The Bertz CT molecular complexity index is 1120. The van der Waals surface area contributed by atoms with Crippen LogP contribution in [-0.2, 0) is 4.74 Å². The number of aliphatic hydroxyl groups excluding tert-OH is 1. The van der Waals surface area contributed by atoms with Crippen LogP contribution in [0.3, 0.4) is 0 Å². The highest BCUT2D eigenvalue weighted by atomic mass is 16.6. The number of hydrogen-bond donors (Lipinski definition) is 1. The van der Waals surface area contributed by atoms with E-state index in [-0.39, 0.29) is 24.2 Å². The molecule has 9 heteroatoms. The van der Waals surface area contributed by atoms with Crippen LogP contribution >= 0.6 is 0 Å². The monoisotopic (exact) mass is 439 g/mol. The molecule has 2 fully saturated rings. The van der Waals surface area contributed by atoms with Gasteiger partial charge in [0.2, 0.25) is 0 Å². The molecule has 5 rings (SSSR count). The molecule has 0 unspecified atom stereocenters. The Balaban J connectivity index is 1.28. The van der Waals surface area contributed by atoms with Gasteiger partial charge in [0.15, 0.2) is 5.82 Å². The minimum Gasteiger partial charge on any atom is -0.444 e. The Morgan fingerprint density at radius 3 is 2.66 bits per heavy atom. The fourth-order valence-corrected chi connectivity index (χ4v) is 4.39. The van der Waals surface area contributed by atoms with Crippen LogP contribution in [0.1, 0.15) is 64.2 Å². The lowest BCUT2D eigenvalue weighted by atomic mass is 9.89. The molecule has 32 heavy (non-hydrogen) atoms. The molecule has 1 N–H and O–H groups in total. The molecule has 1 aliphatic carbocycles. The lowest BCUT2D eigenvalue weighted by molar-refractivity contribution is 0.0202. The molecule has 0 radical (unpaired) electrons. The number of benzene rings is 1. The standard InChI is InChI=1S/C23H29N5O4/c1-23(2,3)31-22(30)27-8-6-14(7-9-27)20-25-21(32-26-20)15-4-5-16-13-24-28(19(16)10-15)17-11-18(29)12-17/h4-5,10,13-14,17-18,29H,6-9,11-12H2,1-3H3. The third kappa shape index (κ3) is 4.09. The van der Waals surface area contributed by atoms with Crippen molar-refractivity contribution in [2.75, 3.05) is 13.1 Å². The van der Waals surface area contributed by atoms with Crippen LogP contribution in [0.2, 0.25) is 0 Å². The maximum Gasteiger partial charge on any atom is 0.410 e. The summed E-state index contributed by atoms with van der Waals surface area (Å²) in [6, 6.07) is 6.22. The number of likely N-dealkylation sites (tertiary alicyclic amines) is 1. The van der Waals surface area contributed by atoms with Crippen LogP contribution in [0.5, 0.6) is 0 Å². The molecule has 0 spiro atoms. The van der Waals surface area contributed by atoms with Gasteiger partial charge in [-0.15, -0.1) is 0 Å². The van der Waals surface area contributed by atoms with Gasteiger partial charge < -0.3 is 19.3 Å². The van der Waals surface area contributed by atoms with Gasteiger partial charge in [0.05, 0.1) is 23.9 Å². The molecule has 1 saturated heterocycles. The van der Waals surface area contributed by atoms with Crippen LogP contribution < -0.4 is 0 Å². The SMILES string of the molecule is CC(C)(C)OC(=O)N1CCC(c2noc(-c3ccc4cnn(C5CC(O)C5)c4c3)n2)CC1. The highest BCUT2D eigenvalue weighted by molar-refractivity contribution is 5.83. The zero-order chi connectivity index (χ0) is 22.5. The molecular formula is C23H29N5O4. The predicted octanol–water partition coefficient (Wildman–Crippen LogP) is 3.90. The number of ether oxygens (including phenoxy) is 1. The maximum atomic E-state index is 12.3. The number of aromatic nitrogens is 4. The summed E-state index contributed by atoms with van der Waals surface area (Å²) in [6.45, 7) is 6.85. The topological polar surface area (TPSA) is 107 Å². The Labute approximate surface area is 186 Å². The number of carbonyl (C=O) groups excluding carboxylic acids is 1. The zero-order valence-electron chi connectivity index (χ0n) is 18.7. The maximum absolute atomic E-state index is 12.3. The average molecular weight is 440 g/mol. The highest BCUT2D eigenvalue weighted by Crippen LogP contribution is 2.35. The van der Waals surface area contributed by atoms with Crippen molar-refractivity contribution < 1.29 is 19.2 Å². The van der Waals surface area contributed by atoms with Gasteiger partial charge in [0, 0.05) is 30.0 Å². The van der Waals surface area contributed by atoms with Crippen molar-refractivity contribution in [1.82, 2.24) is 24.8 Å². The summed E-state index contributed by atoms with van der Waals surface area (Å²) in [5.41, 5.74) is 1.36. The first-order valence-corrected chi connectivity index (χ1v) is 11.2. The van der Waals surface area contributed by atoms with Crippen LogP contribution in [0.25, 0.3) is 22.4 Å². The molecule has 3 heterocycles. The summed E-state index contributed by atoms with van der Waals surface area (Å²) in [5.74, 6) is 1.31. The van der Waals surface area contributed by atoms with E-state index in [2.05, 4.69) is 15.2 Å². The summed E-state index contributed by atoms with van der Waals surface area (Å²) < 4.78 is 13.0. The van der Waals surface area contributed by atoms with Crippen molar-refractivity contribution in [3.05, 3.63) is 30.2 Å². The second-order valence-electron chi connectivity index (χ2n) is 9.84. The van der Waals surface area contributed by atoms with Gasteiger partial charge >= 0.3 is 6.09 Å². The van der Waals surface area contributed by atoms with Crippen molar-refractivity contribution in [3.63, 3.8) is 0 Å². The Hall–Kier alpha value is -2.94. The zero-order valence-corrected chi connectivity index (χ0v) is 18.7. The predicted molar refractivity (Wildman–Crippen MR) is 117 cm³/mol. The van der Waals surface area contributed by atoms with E-state index < -0.39 is 5.60 Å². The van der Waals surface area contributed by atoms with Crippen molar-refractivity contribution in [2.45, 2.75) is 70.1 Å². The van der Waals surface area contributed by atoms with E-state index in [1.165, 1.54) is 0 Å². The Morgan fingerprint density at radius 1 is 1.22 bits per heavy atom. The first kappa shape index (κ1) is 20.9. The molecule has 1 aliphatic heterocycles. The first-order valence-electron chi connectivity index (χ1n) is 11.2. The lowest BCUT2D eigenvalue weighted by Crippen LogP contribution is -2.41. The number of nitrogens with zero attached hydrogens (tertiary/aromatic N) is 5. The number of fused-ring (bicyclic) bond motifs is 1. The van der Waals surface area contributed by atoms with Crippen LogP contribution in [0, 0.1) is 0 Å². The molecule has 3 aromatic rings. The summed E-state index contributed by atoms with van der Waals surface area (Å²) in [6.07, 6.45) is 4.35. The molecule has 170 valence electrons. The fourth-order valence-electron chi connectivity index (χ4n) is 4.39. The summed E-state index contributed by atoms with van der Waals surface area (Å²) in [7, 11) is 0. The average Bonchev–Trinajstić information content (AvgIpc) is 3.37. The van der Waals surface area contributed by atoms with Crippen molar-refractivity contribution in [2.24, 2.45) is 0 Å². The van der Waals surface area contributed by atoms with Crippen molar-refractivity contribution in [3.8, 4) is 11.5 Å². The van der Waals surface area contributed by atoms with Gasteiger partial charge in [-0.3, -0.25) is 4.68 Å².